The molecule has 2 aromatic rings. The van der Waals surface area contributed by atoms with E-state index in [1.54, 1.807) is 4.90 Å². The number of carbonyl (C=O) groups excluding carboxylic acids is 2. The van der Waals surface area contributed by atoms with Crippen molar-refractivity contribution in [3.8, 4) is 0 Å². The van der Waals surface area contributed by atoms with Crippen molar-refractivity contribution in [2.75, 3.05) is 60.0 Å². The van der Waals surface area contributed by atoms with Gasteiger partial charge in [0.15, 0.2) is 0 Å². The summed E-state index contributed by atoms with van der Waals surface area (Å²) < 4.78 is 7.67. The highest BCUT2D eigenvalue weighted by Gasteiger charge is 2.23. The molecule has 1 aromatic heterocycles. The predicted octanol–water partition coefficient (Wildman–Crippen LogP) is 3.08. The molecule has 0 radical (unpaired) electrons. The van der Waals surface area contributed by atoms with Gasteiger partial charge in [-0.15, -0.1) is 0 Å². The molecule has 2 aliphatic rings. The molecule has 180 valence electrons. The number of amides is 2. The van der Waals surface area contributed by atoms with Crippen LogP contribution in [0.4, 0.5) is 0 Å². The van der Waals surface area contributed by atoms with Gasteiger partial charge in [-0.05, 0) is 44.3 Å². The summed E-state index contributed by atoms with van der Waals surface area (Å²) in [6.07, 6.45) is 7.98. The Morgan fingerprint density at radius 1 is 1.03 bits per heavy atom. The van der Waals surface area contributed by atoms with Crippen LogP contribution in [-0.2, 0) is 16.1 Å². The van der Waals surface area contributed by atoms with Crippen molar-refractivity contribution >= 4 is 22.7 Å². The van der Waals surface area contributed by atoms with Crippen molar-refractivity contribution in [2.24, 2.45) is 5.92 Å². The third kappa shape index (κ3) is 5.95. The van der Waals surface area contributed by atoms with Crippen LogP contribution < -0.4 is 0 Å². The summed E-state index contributed by atoms with van der Waals surface area (Å²) in [5.41, 5.74) is 1.96. The van der Waals surface area contributed by atoms with Gasteiger partial charge in [0.1, 0.15) is 0 Å². The molecule has 33 heavy (non-hydrogen) atoms. The number of carbonyl (C=O) groups is 2. The fourth-order valence-electron chi connectivity index (χ4n) is 5.02. The van der Waals surface area contributed by atoms with Crippen LogP contribution in [0.15, 0.2) is 30.5 Å². The number of benzene rings is 1. The number of piperidine rings is 1. The molecule has 0 saturated carbocycles. The lowest BCUT2D eigenvalue weighted by Gasteiger charge is -2.32. The molecule has 1 aromatic carbocycles. The first-order valence-corrected chi connectivity index (χ1v) is 12.4. The molecule has 0 spiro atoms. The fraction of sp³-hybridized carbons (Fsp3) is 0.615. The number of para-hydroxylation sites is 1. The van der Waals surface area contributed by atoms with E-state index in [0.29, 0.717) is 32.8 Å². The molecule has 4 rings (SSSR count). The SMILES string of the molecule is CN(C)C(=O)CN1CCC(CCCCn2cc(C(=O)N3CCOCC3)c3ccccc32)CC1. The molecular formula is C26H38N4O3. The quantitative estimate of drug-likeness (QED) is 0.575. The molecule has 0 bridgehead atoms. The zero-order valence-electron chi connectivity index (χ0n) is 20.2. The summed E-state index contributed by atoms with van der Waals surface area (Å²) in [6, 6.07) is 8.25. The van der Waals surface area contributed by atoms with Crippen molar-refractivity contribution in [1.29, 1.82) is 0 Å². The summed E-state index contributed by atoms with van der Waals surface area (Å²) >= 11 is 0. The van der Waals surface area contributed by atoms with Gasteiger partial charge in [-0.25, -0.2) is 0 Å². The number of hydrogen-bond donors (Lipinski definition) is 0. The predicted molar refractivity (Wildman–Crippen MR) is 130 cm³/mol. The highest BCUT2D eigenvalue weighted by atomic mass is 16.5. The van der Waals surface area contributed by atoms with E-state index in [1.807, 2.05) is 25.1 Å². The van der Waals surface area contributed by atoms with Gasteiger partial charge in [0.05, 0.1) is 25.3 Å². The van der Waals surface area contributed by atoms with E-state index in [9.17, 15) is 9.59 Å². The van der Waals surface area contributed by atoms with Crippen molar-refractivity contribution in [3.63, 3.8) is 0 Å². The second-order valence-electron chi connectivity index (χ2n) is 9.66. The summed E-state index contributed by atoms with van der Waals surface area (Å²) in [4.78, 5) is 30.9. The van der Waals surface area contributed by atoms with Crippen LogP contribution in [0.3, 0.4) is 0 Å². The highest BCUT2D eigenvalue weighted by molar-refractivity contribution is 6.07. The Morgan fingerprint density at radius 3 is 2.48 bits per heavy atom. The Hall–Kier alpha value is -2.38. The van der Waals surface area contributed by atoms with Gasteiger partial charge in [0, 0.05) is 50.8 Å². The van der Waals surface area contributed by atoms with Crippen molar-refractivity contribution in [1.82, 2.24) is 19.3 Å². The lowest BCUT2D eigenvalue weighted by Crippen LogP contribution is -2.41. The van der Waals surface area contributed by atoms with Gasteiger partial charge in [-0.3, -0.25) is 14.5 Å². The zero-order valence-corrected chi connectivity index (χ0v) is 20.2. The Morgan fingerprint density at radius 2 is 1.76 bits per heavy atom. The normalized spacial score (nSPS) is 18.1. The molecular weight excluding hydrogens is 416 g/mol. The molecule has 0 atom stereocenters. The Balaban J connectivity index is 1.27. The Labute approximate surface area is 197 Å². The first-order chi connectivity index (χ1) is 16.0. The number of fused-ring (bicyclic) bond motifs is 1. The third-order valence-electron chi connectivity index (χ3n) is 7.14. The minimum absolute atomic E-state index is 0.118. The number of aryl methyl sites for hydroxylation is 1. The molecule has 2 saturated heterocycles. The maximum absolute atomic E-state index is 13.1. The van der Waals surface area contributed by atoms with E-state index >= 15 is 0 Å². The third-order valence-corrected chi connectivity index (χ3v) is 7.14. The molecule has 2 aliphatic heterocycles. The van der Waals surface area contributed by atoms with E-state index < -0.39 is 0 Å². The van der Waals surface area contributed by atoms with E-state index in [1.165, 1.54) is 25.7 Å². The lowest BCUT2D eigenvalue weighted by molar-refractivity contribution is -0.130. The van der Waals surface area contributed by atoms with Crippen LogP contribution in [0.25, 0.3) is 10.9 Å². The van der Waals surface area contributed by atoms with Crippen LogP contribution in [0.1, 0.15) is 42.5 Å². The lowest BCUT2D eigenvalue weighted by atomic mass is 9.91. The molecule has 2 fully saturated rings. The van der Waals surface area contributed by atoms with Gasteiger partial charge >= 0.3 is 0 Å². The maximum atomic E-state index is 13.1. The molecule has 3 heterocycles. The fourth-order valence-corrected chi connectivity index (χ4v) is 5.02. The monoisotopic (exact) mass is 454 g/mol. The topological polar surface area (TPSA) is 58.0 Å². The molecule has 0 N–H and O–H groups in total. The molecule has 7 nitrogen and oxygen atoms in total. The summed E-state index contributed by atoms with van der Waals surface area (Å²) in [7, 11) is 3.65. The molecule has 0 unspecified atom stereocenters. The summed E-state index contributed by atoms with van der Waals surface area (Å²) in [5, 5.41) is 1.05. The van der Waals surface area contributed by atoms with Gasteiger partial charge < -0.3 is 19.1 Å². The number of hydrogen-bond acceptors (Lipinski definition) is 4. The van der Waals surface area contributed by atoms with E-state index in [2.05, 4.69) is 33.9 Å². The maximum Gasteiger partial charge on any atom is 0.256 e. The minimum atomic E-state index is 0.118. The van der Waals surface area contributed by atoms with E-state index in [0.717, 1.165) is 48.4 Å². The molecule has 2 amide bonds. The molecule has 0 aliphatic carbocycles. The minimum Gasteiger partial charge on any atom is -0.378 e. The number of nitrogens with zero attached hydrogens (tertiary/aromatic N) is 4. The van der Waals surface area contributed by atoms with E-state index in [4.69, 9.17) is 4.74 Å². The summed E-state index contributed by atoms with van der Waals surface area (Å²) in [6.45, 7) is 6.11. The van der Waals surface area contributed by atoms with Crippen molar-refractivity contribution in [3.05, 3.63) is 36.0 Å². The van der Waals surface area contributed by atoms with Gasteiger partial charge in [0.2, 0.25) is 5.91 Å². The smallest absolute Gasteiger partial charge is 0.256 e. The number of likely N-dealkylation sites (tertiary alicyclic amines) is 1. The zero-order chi connectivity index (χ0) is 23.2. The Bertz CT molecular complexity index is 940. The average Bonchev–Trinajstić information content (AvgIpc) is 3.21. The standard InChI is InChI=1S/C26H38N4O3/c1-27(2)25(31)20-28-13-10-21(11-14-28)7-5-6-12-30-19-23(22-8-3-4-9-24(22)30)26(32)29-15-17-33-18-16-29/h3-4,8-9,19,21H,5-7,10-18,20H2,1-2H3. The van der Waals surface area contributed by atoms with E-state index in [-0.39, 0.29) is 11.8 Å². The number of aromatic nitrogens is 1. The second-order valence-corrected chi connectivity index (χ2v) is 9.66. The first kappa shape index (κ1) is 23.8. The van der Waals surface area contributed by atoms with Gasteiger partial charge in [-0.2, -0.15) is 0 Å². The number of morpholine rings is 1. The van der Waals surface area contributed by atoms with Crippen LogP contribution in [0, 0.1) is 5.92 Å². The van der Waals surface area contributed by atoms with Crippen molar-refractivity contribution < 1.29 is 14.3 Å². The Kier molecular flexibility index (Phi) is 8.04. The second kappa shape index (κ2) is 11.2. The van der Waals surface area contributed by atoms with Crippen LogP contribution in [0.2, 0.25) is 0 Å². The number of unbranched alkanes of at least 4 members (excludes halogenated alkanes) is 1. The first-order valence-electron chi connectivity index (χ1n) is 12.4. The van der Waals surface area contributed by atoms with Crippen molar-refractivity contribution in [2.45, 2.75) is 38.6 Å². The number of rotatable bonds is 8. The highest BCUT2D eigenvalue weighted by Crippen LogP contribution is 2.26. The molecule has 7 heteroatoms. The number of ether oxygens (including phenoxy) is 1. The van der Waals surface area contributed by atoms with Crippen LogP contribution >= 0.6 is 0 Å². The summed E-state index contributed by atoms with van der Waals surface area (Å²) in [5.74, 6) is 1.07. The largest absolute Gasteiger partial charge is 0.378 e. The van der Waals surface area contributed by atoms with Crippen LogP contribution in [-0.4, -0.2) is 91.1 Å². The van der Waals surface area contributed by atoms with Gasteiger partial charge in [-0.1, -0.05) is 31.0 Å². The average molecular weight is 455 g/mol. The van der Waals surface area contributed by atoms with Crippen LogP contribution in [0.5, 0.6) is 0 Å². The number of likely N-dealkylation sites (N-methyl/N-ethyl adjacent to an activating group) is 1. The van der Waals surface area contributed by atoms with Gasteiger partial charge in [0.25, 0.3) is 5.91 Å².